The number of nitrogens with one attached hydrogen (secondary N) is 1. The van der Waals surface area contributed by atoms with Gasteiger partial charge >= 0.3 is 0 Å². The predicted molar refractivity (Wildman–Crippen MR) is 68.1 cm³/mol. The van der Waals surface area contributed by atoms with Crippen molar-refractivity contribution in [2.45, 2.75) is 32.2 Å². The average Bonchev–Trinajstić information content (AvgIpc) is 3.19. The minimum atomic E-state index is 0.0210. The molecule has 0 atom stereocenters. The fraction of sp³-hybridized carbons (Fsp3) is 0.538. The van der Waals surface area contributed by atoms with E-state index in [-0.39, 0.29) is 5.91 Å². The van der Waals surface area contributed by atoms with Crippen molar-refractivity contribution in [3.63, 3.8) is 0 Å². The Kier molecular flexibility index (Phi) is 3.61. The first-order valence-corrected chi connectivity index (χ1v) is 6.20. The first kappa shape index (κ1) is 11.9. The van der Waals surface area contributed by atoms with Crippen LogP contribution in [0.1, 0.15) is 36.7 Å². The normalized spacial score (nSPS) is 14.5. The van der Waals surface area contributed by atoms with Crippen LogP contribution in [0.2, 0.25) is 0 Å². The molecule has 1 heterocycles. The second-order valence-electron chi connectivity index (χ2n) is 4.48. The van der Waals surface area contributed by atoms with E-state index in [4.69, 9.17) is 0 Å². The van der Waals surface area contributed by atoms with Crippen molar-refractivity contribution in [1.29, 1.82) is 0 Å². The SMILES string of the molecule is CCCNc1cccc(C(=O)N(C)C2CC2)n1. The summed E-state index contributed by atoms with van der Waals surface area (Å²) in [6.45, 7) is 2.98. The molecule has 0 unspecified atom stereocenters. The topological polar surface area (TPSA) is 45.2 Å². The van der Waals surface area contributed by atoms with Gasteiger partial charge in [-0.3, -0.25) is 4.79 Å². The molecule has 4 heteroatoms. The minimum absolute atomic E-state index is 0.0210. The zero-order valence-corrected chi connectivity index (χ0v) is 10.4. The molecule has 1 saturated carbocycles. The van der Waals surface area contributed by atoms with Crippen molar-refractivity contribution in [3.8, 4) is 0 Å². The Morgan fingerprint density at radius 2 is 2.29 bits per heavy atom. The molecule has 92 valence electrons. The second-order valence-corrected chi connectivity index (χ2v) is 4.48. The third-order valence-corrected chi connectivity index (χ3v) is 2.94. The fourth-order valence-corrected chi connectivity index (χ4v) is 1.71. The number of anilines is 1. The Morgan fingerprint density at radius 3 is 2.94 bits per heavy atom. The van der Waals surface area contributed by atoms with Crippen molar-refractivity contribution in [3.05, 3.63) is 23.9 Å². The lowest BCUT2D eigenvalue weighted by Gasteiger charge is -2.16. The molecule has 1 aromatic heterocycles. The zero-order chi connectivity index (χ0) is 12.3. The lowest BCUT2D eigenvalue weighted by atomic mass is 10.3. The van der Waals surface area contributed by atoms with Crippen molar-refractivity contribution in [1.82, 2.24) is 9.88 Å². The number of rotatable bonds is 5. The molecule has 0 spiro atoms. The number of carbonyl (C=O) groups excluding carboxylic acids is 1. The molecule has 1 aliphatic carbocycles. The Morgan fingerprint density at radius 1 is 1.53 bits per heavy atom. The van der Waals surface area contributed by atoms with Crippen LogP contribution in [0.4, 0.5) is 5.82 Å². The lowest BCUT2D eigenvalue weighted by molar-refractivity contribution is 0.0779. The molecule has 1 aromatic rings. The number of amides is 1. The Bertz CT molecular complexity index is 401. The van der Waals surface area contributed by atoms with Gasteiger partial charge in [0.1, 0.15) is 11.5 Å². The average molecular weight is 233 g/mol. The van der Waals surface area contributed by atoms with Crippen LogP contribution in [0.3, 0.4) is 0 Å². The van der Waals surface area contributed by atoms with Gasteiger partial charge < -0.3 is 10.2 Å². The largest absolute Gasteiger partial charge is 0.370 e. The molecule has 1 fully saturated rings. The molecule has 0 aliphatic heterocycles. The fourth-order valence-electron chi connectivity index (χ4n) is 1.71. The van der Waals surface area contributed by atoms with Crippen LogP contribution in [-0.2, 0) is 0 Å². The van der Waals surface area contributed by atoms with Gasteiger partial charge in [-0.1, -0.05) is 13.0 Å². The van der Waals surface area contributed by atoms with Crippen LogP contribution >= 0.6 is 0 Å². The molecule has 1 N–H and O–H groups in total. The maximum atomic E-state index is 12.1. The van der Waals surface area contributed by atoms with Gasteiger partial charge in [0.25, 0.3) is 5.91 Å². The van der Waals surface area contributed by atoms with Crippen LogP contribution in [0.15, 0.2) is 18.2 Å². The van der Waals surface area contributed by atoms with E-state index in [2.05, 4.69) is 17.2 Å². The Labute approximate surface area is 102 Å². The zero-order valence-electron chi connectivity index (χ0n) is 10.4. The highest BCUT2D eigenvalue weighted by Crippen LogP contribution is 2.26. The van der Waals surface area contributed by atoms with Gasteiger partial charge in [0.05, 0.1) is 0 Å². The Balaban J connectivity index is 2.06. The summed E-state index contributed by atoms with van der Waals surface area (Å²) in [7, 11) is 1.85. The molecule has 0 bridgehead atoms. The summed E-state index contributed by atoms with van der Waals surface area (Å²) in [6, 6.07) is 5.97. The van der Waals surface area contributed by atoms with Crippen LogP contribution in [0.25, 0.3) is 0 Å². The smallest absolute Gasteiger partial charge is 0.272 e. The second kappa shape index (κ2) is 5.17. The molecule has 0 saturated heterocycles. The number of nitrogens with zero attached hydrogens (tertiary/aromatic N) is 2. The van der Waals surface area contributed by atoms with Gasteiger partial charge in [0.2, 0.25) is 0 Å². The van der Waals surface area contributed by atoms with Gasteiger partial charge in [-0.05, 0) is 31.4 Å². The number of hydrogen-bond acceptors (Lipinski definition) is 3. The molecule has 0 aromatic carbocycles. The summed E-state index contributed by atoms with van der Waals surface area (Å²) in [5.74, 6) is 0.801. The molecule has 1 aliphatic rings. The molecule has 0 radical (unpaired) electrons. The Hall–Kier alpha value is -1.58. The van der Waals surface area contributed by atoms with E-state index in [9.17, 15) is 4.79 Å². The van der Waals surface area contributed by atoms with Crippen LogP contribution in [0, 0.1) is 0 Å². The molecule has 4 nitrogen and oxygen atoms in total. The van der Waals surface area contributed by atoms with E-state index in [1.54, 1.807) is 11.0 Å². The summed E-state index contributed by atoms with van der Waals surface area (Å²) in [5, 5.41) is 3.19. The number of pyridine rings is 1. The van der Waals surface area contributed by atoms with E-state index in [1.807, 2.05) is 19.2 Å². The quantitative estimate of drug-likeness (QED) is 0.847. The van der Waals surface area contributed by atoms with Crippen molar-refractivity contribution in [2.24, 2.45) is 0 Å². The van der Waals surface area contributed by atoms with Crippen LogP contribution in [0.5, 0.6) is 0 Å². The third kappa shape index (κ3) is 2.96. The van der Waals surface area contributed by atoms with E-state index in [0.717, 1.165) is 31.6 Å². The summed E-state index contributed by atoms with van der Waals surface area (Å²) in [6.07, 6.45) is 3.29. The van der Waals surface area contributed by atoms with Gasteiger partial charge in [-0.2, -0.15) is 0 Å². The predicted octanol–water partition coefficient (Wildman–Crippen LogP) is 2.14. The van der Waals surface area contributed by atoms with E-state index < -0.39 is 0 Å². The summed E-state index contributed by atoms with van der Waals surface area (Å²) in [5.41, 5.74) is 0.528. The number of carbonyl (C=O) groups is 1. The standard InChI is InChI=1S/C13H19N3O/c1-3-9-14-12-6-4-5-11(15-12)13(17)16(2)10-7-8-10/h4-6,10H,3,7-9H2,1-2H3,(H,14,15). The molecule has 2 rings (SSSR count). The van der Waals surface area contributed by atoms with Gasteiger partial charge in [0.15, 0.2) is 0 Å². The van der Waals surface area contributed by atoms with Crippen molar-refractivity contribution < 1.29 is 4.79 Å². The van der Waals surface area contributed by atoms with E-state index in [0.29, 0.717) is 11.7 Å². The summed E-state index contributed by atoms with van der Waals surface area (Å²) in [4.78, 5) is 18.2. The van der Waals surface area contributed by atoms with E-state index in [1.165, 1.54) is 0 Å². The summed E-state index contributed by atoms with van der Waals surface area (Å²) >= 11 is 0. The molecule has 1 amide bonds. The molecule has 17 heavy (non-hydrogen) atoms. The lowest BCUT2D eigenvalue weighted by Crippen LogP contribution is -2.29. The first-order chi connectivity index (χ1) is 8.22. The van der Waals surface area contributed by atoms with Crippen LogP contribution < -0.4 is 5.32 Å². The number of aromatic nitrogens is 1. The molecular weight excluding hydrogens is 214 g/mol. The molecular formula is C13H19N3O. The highest BCUT2D eigenvalue weighted by Gasteiger charge is 2.30. The number of hydrogen-bond donors (Lipinski definition) is 1. The maximum Gasteiger partial charge on any atom is 0.272 e. The van der Waals surface area contributed by atoms with Crippen molar-refractivity contribution in [2.75, 3.05) is 18.9 Å². The van der Waals surface area contributed by atoms with Crippen molar-refractivity contribution >= 4 is 11.7 Å². The van der Waals surface area contributed by atoms with Gasteiger partial charge in [0, 0.05) is 19.6 Å². The monoisotopic (exact) mass is 233 g/mol. The minimum Gasteiger partial charge on any atom is -0.370 e. The van der Waals surface area contributed by atoms with Gasteiger partial charge in [-0.25, -0.2) is 4.98 Å². The third-order valence-electron chi connectivity index (χ3n) is 2.94. The van der Waals surface area contributed by atoms with E-state index >= 15 is 0 Å². The highest BCUT2D eigenvalue weighted by molar-refractivity contribution is 5.92. The summed E-state index contributed by atoms with van der Waals surface area (Å²) < 4.78 is 0. The highest BCUT2D eigenvalue weighted by atomic mass is 16.2. The van der Waals surface area contributed by atoms with Crippen LogP contribution in [-0.4, -0.2) is 35.4 Å². The first-order valence-electron chi connectivity index (χ1n) is 6.20. The van der Waals surface area contributed by atoms with Gasteiger partial charge in [-0.15, -0.1) is 0 Å². The maximum absolute atomic E-state index is 12.1.